The van der Waals surface area contributed by atoms with Gasteiger partial charge in [0.25, 0.3) is 5.91 Å². The predicted molar refractivity (Wildman–Crippen MR) is 105 cm³/mol. The molecule has 0 saturated heterocycles. The minimum Gasteiger partial charge on any atom is -0.340 e. The van der Waals surface area contributed by atoms with Gasteiger partial charge in [-0.1, -0.05) is 12.1 Å². The molecule has 3 amide bonds. The Morgan fingerprint density at radius 2 is 1.93 bits per heavy atom. The summed E-state index contributed by atoms with van der Waals surface area (Å²) in [7, 11) is 0. The van der Waals surface area contributed by atoms with Crippen molar-refractivity contribution in [3.63, 3.8) is 0 Å². The van der Waals surface area contributed by atoms with Gasteiger partial charge in [-0.3, -0.25) is 19.4 Å². The maximum Gasteiger partial charge on any atom is 0.254 e. The fourth-order valence-electron chi connectivity index (χ4n) is 2.80. The summed E-state index contributed by atoms with van der Waals surface area (Å²) in [5, 5.41) is 10.2. The van der Waals surface area contributed by atoms with E-state index in [0.717, 1.165) is 11.3 Å². The number of hydrogen-bond donors (Lipinski definition) is 3. The van der Waals surface area contributed by atoms with Crippen molar-refractivity contribution in [2.24, 2.45) is 0 Å². The third-order valence-electron chi connectivity index (χ3n) is 4.17. The van der Waals surface area contributed by atoms with Crippen LogP contribution in [0.15, 0.2) is 54.2 Å². The van der Waals surface area contributed by atoms with Crippen LogP contribution in [0.4, 0.5) is 10.8 Å². The van der Waals surface area contributed by atoms with E-state index in [2.05, 4.69) is 25.9 Å². The summed E-state index contributed by atoms with van der Waals surface area (Å²) in [6, 6.07) is 9.37. The molecule has 0 aliphatic carbocycles. The molecule has 8 nitrogen and oxygen atoms in total. The van der Waals surface area contributed by atoms with Crippen LogP contribution in [0.1, 0.15) is 16.8 Å². The highest BCUT2D eigenvalue weighted by Crippen LogP contribution is 2.24. The number of benzene rings is 1. The molecule has 0 spiro atoms. The number of rotatable bonds is 4. The van der Waals surface area contributed by atoms with Crippen molar-refractivity contribution in [1.82, 2.24) is 15.3 Å². The first-order valence-electron chi connectivity index (χ1n) is 8.47. The molecule has 3 aromatic rings. The van der Waals surface area contributed by atoms with Gasteiger partial charge in [0.05, 0.1) is 23.4 Å². The minimum absolute atomic E-state index is 0.199. The molecule has 3 N–H and O–H groups in total. The van der Waals surface area contributed by atoms with E-state index in [-0.39, 0.29) is 6.42 Å². The van der Waals surface area contributed by atoms with Crippen LogP contribution in [-0.2, 0) is 9.59 Å². The predicted octanol–water partition coefficient (Wildman–Crippen LogP) is 2.28. The van der Waals surface area contributed by atoms with E-state index in [4.69, 9.17) is 0 Å². The molecule has 1 atom stereocenters. The Bertz CT molecular complexity index is 1050. The number of aromatic nitrogens is 2. The SMILES string of the molecule is O=C(C[C@H]1NC(=O)c2ccccc2NC1=O)Nc1nc(-c2ccncc2)cs1. The van der Waals surface area contributed by atoms with Crippen LogP contribution >= 0.6 is 11.3 Å². The molecule has 0 unspecified atom stereocenters. The van der Waals surface area contributed by atoms with E-state index in [0.29, 0.717) is 16.4 Å². The minimum atomic E-state index is -0.973. The van der Waals surface area contributed by atoms with Gasteiger partial charge in [0, 0.05) is 23.3 Å². The summed E-state index contributed by atoms with van der Waals surface area (Å²) in [4.78, 5) is 45.4. The third kappa shape index (κ3) is 3.74. The number of nitrogens with one attached hydrogen (secondary N) is 3. The van der Waals surface area contributed by atoms with Gasteiger partial charge in [-0.25, -0.2) is 4.98 Å². The lowest BCUT2D eigenvalue weighted by molar-refractivity contribution is -0.122. The van der Waals surface area contributed by atoms with Crippen molar-refractivity contribution >= 4 is 39.9 Å². The van der Waals surface area contributed by atoms with Crippen molar-refractivity contribution < 1.29 is 14.4 Å². The fourth-order valence-corrected chi connectivity index (χ4v) is 3.53. The van der Waals surface area contributed by atoms with E-state index < -0.39 is 23.8 Å². The standard InChI is InChI=1S/C19H15N5O3S/c25-16(24-19-23-15(10-28-19)11-5-7-20-8-6-11)9-14-18(27)21-13-4-2-1-3-12(13)17(26)22-14/h1-8,10,14H,9H2,(H,21,27)(H,22,26)(H,23,24,25)/t14-/m1/s1. The number of pyridine rings is 1. The Morgan fingerprint density at radius 3 is 2.75 bits per heavy atom. The number of thiazole rings is 1. The molecule has 4 rings (SSSR count). The number of amides is 3. The molecule has 1 aliphatic rings. The summed E-state index contributed by atoms with van der Waals surface area (Å²) >= 11 is 1.28. The number of para-hydroxylation sites is 1. The monoisotopic (exact) mass is 393 g/mol. The topological polar surface area (TPSA) is 113 Å². The Labute approximate surface area is 164 Å². The summed E-state index contributed by atoms with van der Waals surface area (Å²) in [6.07, 6.45) is 3.13. The molecule has 28 heavy (non-hydrogen) atoms. The van der Waals surface area contributed by atoms with Crippen LogP contribution in [0.5, 0.6) is 0 Å². The van der Waals surface area contributed by atoms with E-state index in [1.165, 1.54) is 11.3 Å². The molecule has 0 radical (unpaired) electrons. The normalized spacial score (nSPS) is 15.8. The van der Waals surface area contributed by atoms with Gasteiger partial charge in [-0.15, -0.1) is 11.3 Å². The first-order valence-corrected chi connectivity index (χ1v) is 9.34. The van der Waals surface area contributed by atoms with Gasteiger partial charge in [-0.05, 0) is 24.3 Å². The molecule has 1 aliphatic heterocycles. The summed E-state index contributed by atoms with van der Waals surface area (Å²) < 4.78 is 0. The zero-order valence-corrected chi connectivity index (χ0v) is 15.3. The van der Waals surface area contributed by atoms with E-state index >= 15 is 0 Å². The zero-order valence-electron chi connectivity index (χ0n) is 14.5. The molecular formula is C19H15N5O3S. The highest BCUT2D eigenvalue weighted by Gasteiger charge is 2.29. The Morgan fingerprint density at radius 1 is 1.14 bits per heavy atom. The van der Waals surface area contributed by atoms with Gasteiger partial charge < -0.3 is 16.0 Å². The van der Waals surface area contributed by atoms with Crippen molar-refractivity contribution in [3.05, 3.63) is 59.7 Å². The average Bonchev–Trinajstić information content (AvgIpc) is 3.12. The van der Waals surface area contributed by atoms with Crippen LogP contribution in [0.25, 0.3) is 11.3 Å². The summed E-state index contributed by atoms with van der Waals surface area (Å²) in [6.45, 7) is 0. The summed E-state index contributed by atoms with van der Waals surface area (Å²) in [5.74, 6) is -1.26. The van der Waals surface area contributed by atoms with Crippen LogP contribution in [0.3, 0.4) is 0 Å². The average molecular weight is 393 g/mol. The number of fused-ring (bicyclic) bond motifs is 1. The second kappa shape index (κ2) is 7.57. The highest BCUT2D eigenvalue weighted by atomic mass is 32.1. The van der Waals surface area contributed by atoms with Crippen LogP contribution in [0, 0.1) is 0 Å². The second-order valence-corrected chi connectivity index (χ2v) is 6.95. The smallest absolute Gasteiger partial charge is 0.254 e. The number of anilines is 2. The molecule has 0 saturated carbocycles. The second-order valence-electron chi connectivity index (χ2n) is 6.09. The lowest BCUT2D eigenvalue weighted by atomic mass is 10.1. The molecule has 0 bridgehead atoms. The summed E-state index contributed by atoms with van der Waals surface area (Å²) in [5.41, 5.74) is 2.40. The number of nitrogens with zero attached hydrogens (tertiary/aromatic N) is 2. The number of carbonyl (C=O) groups is 3. The molecule has 2 aromatic heterocycles. The maximum absolute atomic E-state index is 12.4. The molecule has 3 heterocycles. The van der Waals surface area contributed by atoms with Crippen molar-refractivity contribution in [1.29, 1.82) is 0 Å². The third-order valence-corrected chi connectivity index (χ3v) is 4.93. The van der Waals surface area contributed by atoms with Gasteiger partial charge in [0.2, 0.25) is 11.8 Å². The van der Waals surface area contributed by atoms with Crippen LogP contribution < -0.4 is 16.0 Å². The molecule has 9 heteroatoms. The molecule has 1 aromatic carbocycles. The lowest BCUT2D eigenvalue weighted by Gasteiger charge is -2.13. The first kappa shape index (κ1) is 17.8. The number of hydrogen-bond acceptors (Lipinski definition) is 6. The first-order chi connectivity index (χ1) is 13.6. The van der Waals surface area contributed by atoms with Gasteiger partial charge in [0.1, 0.15) is 6.04 Å². The van der Waals surface area contributed by atoms with Crippen molar-refractivity contribution in [3.8, 4) is 11.3 Å². The largest absolute Gasteiger partial charge is 0.340 e. The Kier molecular flexibility index (Phi) is 4.81. The van der Waals surface area contributed by atoms with E-state index in [1.54, 1.807) is 36.7 Å². The molecule has 0 fully saturated rings. The lowest BCUT2D eigenvalue weighted by Crippen LogP contribution is -2.43. The van der Waals surface area contributed by atoms with Crippen molar-refractivity contribution in [2.45, 2.75) is 12.5 Å². The quantitative estimate of drug-likeness (QED) is 0.629. The molecule has 140 valence electrons. The highest BCUT2D eigenvalue weighted by molar-refractivity contribution is 7.14. The van der Waals surface area contributed by atoms with E-state index in [1.807, 2.05) is 17.5 Å². The zero-order chi connectivity index (χ0) is 19.5. The van der Waals surface area contributed by atoms with Crippen LogP contribution in [-0.4, -0.2) is 33.7 Å². The van der Waals surface area contributed by atoms with Crippen molar-refractivity contribution in [2.75, 3.05) is 10.6 Å². The number of carbonyl (C=O) groups excluding carboxylic acids is 3. The van der Waals surface area contributed by atoms with Gasteiger partial charge in [0.15, 0.2) is 5.13 Å². The van der Waals surface area contributed by atoms with Gasteiger partial charge in [-0.2, -0.15) is 0 Å². The fraction of sp³-hybridized carbons (Fsp3) is 0.105. The van der Waals surface area contributed by atoms with Crippen LogP contribution in [0.2, 0.25) is 0 Å². The van der Waals surface area contributed by atoms with Gasteiger partial charge >= 0.3 is 0 Å². The maximum atomic E-state index is 12.4. The Hall–Kier alpha value is -3.59. The van der Waals surface area contributed by atoms with E-state index in [9.17, 15) is 14.4 Å². The molecular weight excluding hydrogens is 378 g/mol. The Balaban J connectivity index is 1.42.